The van der Waals surface area contributed by atoms with E-state index < -0.39 is 95.7 Å². The van der Waals surface area contributed by atoms with Crippen molar-refractivity contribution in [1.82, 2.24) is 9.55 Å². The number of nitrogens with zero attached hydrogens (tertiary/aromatic N) is 3. The number of hydrogen-bond donors (Lipinski definition) is 3. The maximum absolute atomic E-state index is 13.9. The molecular formula is C34H49ClFN4O12PS. The van der Waals surface area contributed by atoms with Crippen molar-refractivity contribution in [3.05, 3.63) is 23.0 Å². The van der Waals surface area contributed by atoms with Gasteiger partial charge in [0.25, 0.3) is 0 Å². The first kappa shape index (κ1) is 43.8. The Morgan fingerprint density at radius 1 is 1.09 bits per heavy atom. The van der Waals surface area contributed by atoms with Crippen LogP contribution in [0.2, 0.25) is 5.15 Å². The molecule has 16 nitrogen and oxygen atoms in total. The molecule has 1 saturated carbocycles. The van der Waals surface area contributed by atoms with Gasteiger partial charge in [-0.15, -0.1) is 0 Å². The number of halogens is 2. The molecule has 3 heterocycles. The van der Waals surface area contributed by atoms with Crippen molar-refractivity contribution in [3.63, 3.8) is 0 Å². The first-order valence-electron chi connectivity index (χ1n) is 17.6. The zero-order chi connectivity index (χ0) is 40.2. The van der Waals surface area contributed by atoms with E-state index in [0.29, 0.717) is 36.8 Å². The van der Waals surface area contributed by atoms with Gasteiger partial charge in [0.2, 0.25) is 13.6 Å². The summed E-state index contributed by atoms with van der Waals surface area (Å²) < 4.78 is 82.4. The number of ether oxygens (including phenoxy) is 3. The number of carbonyl (C=O) groups excluding carboxylic acids is 2. The van der Waals surface area contributed by atoms with Gasteiger partial charge in [0.05, 0.1) is 22.3 Å². The van der Waals surface area contributed by atoms with Crippen molar-refractivity contribution in [1.29, 1.82) is 5.26 Å². The average Bonchev–Trinajstić information content (AvgIpc) is 3.59. The smallest absolute Gasteiger partial charge is 0.351 e. The molecule has 4 atom stereocenters. The van der Waals surface area contributed by atoms with Gasteiger partial charge in [-0.3, -0.25) is 23.2 Å². The molecule has 2 aromatic heterocycles. The molecule has 2 aromatic rings. The van der Waals surface area contributed by atoms with Crippen molar-refractivity contribution >= 4 is 57.7 Å². The molecule has 302 valence electrons. The molecular weight excluding hydrogens is 774 g/mol. The number of aromatic nitrogens is 2. The number of nitriles is 1. The summed E-state index contributed by atoms with van der Waals surface area (Å²) in [4.78, 5) is 29.5. The van der Waals surface area contributed by atoms with Crippen LogP contribution in [0.15, 0.2) is 12.3 Å². The van der Waals surface area contributed by atoms with E-state index in [9.17, 15) is 42.4 Å². The molecule has 20 heteroatoms. The minimum absolute atomic E-state index is 0.0221. The Labute approximate surface area is 319 Å². The van der Waals surface area contributed by atoms with Crippen LogP contribution < -0.4 is 5.32 Å². The number of sulfone groups is 1. The Kier molecular flexibility index (Phi) is 14.2. The third kappa shape index (κ3) is 10.3. The molecule has 1 saturated heterocycles. The lowest BCUT2D eigenvalue weighted by atomic mass is 9.88. The summed E-state index contributed by atoms with van der Waals surface area (Å²) in [5.74, 6) is -2.35. The summed E-state index contributed by atoms with van der Waals surface area (Å²) in [7, 11) is -9.28. The Balaban J connectivity index is 1.52. The quantitative estimate of drug-likeness (QED) is 0.0703. The van der Waals surface area contributed by atoms with Crippen LogP contribution in [0.3, 0.4) is 0 Å². The van der Waals surface area contributed by atoms with Crippen molar-refractivity contribution in [3.8, 4) is 6.07 Å². The van der Waals surface area contributed by atoms with Crippen molar-refractivity contribution in [2.24, 2.45) is 10.8 Å². The Hall–Kier alpha value is -2.88. The summed E-state index contributed by atoms with van der Waals surface area (Å²) in [5, 5.41) is 35.0. The third-order valence-electron chi connectivity index (χ3n) is 9.48. The number of esters is 2. The predicted molar refractivity (Wildman–Crippen MR) is 195 cm³/mol. The Bertz CT molecular complexity index is 1840. The van der Waals surface area contributed by atoms with Crippen LogP contribution in [0.4, 0.5) is 10.1 Å². The number of anilines is 1. The van der Waals surface area contributed by atoms with E-state index in [1.165, 1.54) is 10.8 Å². The van der Waals surface area contributed by atoms with Gasteiger partial charge in [0.15, 0.2) is 26.7 Å². The Morgan fingerprint density at radius 2 is 1.65 bits per heavy atom. The minimum Gasteiger partial charge on any atom is -0.438 e. The van der Waals surface area contributed by atoms with Crippen molar-refractivity contribution in [2.45, 2.75) is 117 Å². The van der Waals surface area contributed by atoms with E-state index in [2.05, 4.69) is 10.3 Å². The van der Waals surface area contributed by atoms with Crippen LogP contribution in [-0.2, 0) is 47.2 Å². The van der Waals surface area contributed by atoms with Crippen LogP contribution in [0.1, 0.15) is 91.9 Å². The Morgan fingerprint density at radius 3 is 2.15 bits per heavy atom. The van der Waals surface area contributed by atoms with Gasteiger partial charge in [-0.05, 0) is 59.4 Å². The molecule has 3 N–H and O–H groups in total. The van der Waals surface area contributed by atoms with E-state index in [1.54, 1.807) is 33.8 Å². The van der Waals surface area contributed by atoms with E-state index in [-0.39, 0.29) is 35.2 Å². The standard InChI is InChI=1S/C34H49ClFN4O12PS/c1-7-10-33(3,4)31(43)48-17-50-53(45,51-18-49-32(44)34(5,6)11-8-2)19-54(46,47)16-24-26(41)27(42)30(52-24)40-12-9-22-25(38-21-13-20(36)14-21)23(15-37)28(35)39-29(22)40/h9,12,20-21,24,26-27,30,41-42H,7-8,10-11,13-14,16-19H2,1-6H3,(H,38,39)/t20-,21+,24-,26-,27-,30-/m1/s1. The lowest BCUT2D eigenvalue weighted by Gasteiger charge is -2.31. The SMILES string of the molecule is CCCC(C)(C)C(=O)OCOP(=O)(CS(=O)(=O)C[C@H]1O[C@@H](n2ccc3c(N[C@H]4C[C@@H](F)C4)c(C#N)c(Cl)nc32)[C@H](O)[C@@H]1O)OCOC(=O)C(C)(C)CCC. The van der Waals surface area contributed by atoms with Gasteiger partial charge in [0, 0.05) is 17.6 Å². The molecule has 1 aliphatic carbocycles. The fourth-order valence-corrected chi connectivity index (χ4v) is 10.8. The first-order chi connectivity index (χ1) is 25.2. The molecule has 2 fully saturated rings. The third-order valence-corrected chi connectivity index (χ3v) is 14.4. The molecule has 0 amide bonds. The minimum atomic E-state index is -4.74. The molecule has 4 rings (SSSR count). The number of hydrogen-bond acceptors (Lipinski definition) is 15. The van der Waals surface area contributed by atoms with Crippen LogP contribution in [0.5, 0.6) is 0 Å². The van der Waals surface area contributed by atoms with Crippen LogP contribution in [0.25, 0.3) is 11.0 Å². The molecule has 1 aliphatic heterocycles. The van der Waals surface area contributed by atoms with Gasteiger partial charge in [-0.2, -0.15) is 5.26 Å². The summed E-state index contributed by atoms with van der Waals surface area (Å²) in [6, 6.07) is 3.28. The second-order valence-electron chi connectivity index (χ2n) is 15.0. The van der Waals surface area contributed by atoms with Crippen LogP contribution >= 0.6 is 19.2 Å². The molecule has 0 unspecified atom stereocenters. The number of fused-ring (bicyclic) bond motifs is 1. The van der Waals surface area contributed by atoms with Gasteiger partial charge >= 0.3 is 19.5 Å². The van der Waals surface area contributed by atoms with Gasteiger partial charge in [-0.1, -0.05) is 38.3 Å². The van der Waals surface area contributed by atoms with Crippen molar-refractivity contribution < 1.29 is 60.4 Å². The van der Waals surface area contributed by atoms with Crippen LogP contribution in [0, 0.1) is 22.2 Å². The molecule has 0 aromatic carbocycles. The number of alkyl halides is 1. The highest BCUT2D eigenvalue weighted by Gasteiger charge is 2.47. The van der Waals surface area contributed by atoms with Crippen LogP contribution in [-0.4, -0.2) is 95.5 Å². The van der Waals surface area contributed by atoms with Gasteiger partial charge < -0.3 is 34.3 Å². The number of nitrogens with one attached hydrogen (secondary N) is 1. The summed E-state index contributed by atoms with van der Waals surface area (Å²) in [6.07, 6.45) is -3.22. The molecule has 0 spiro atoms. The van der Waals surface area contributed by atoms with E-state index in [4.69, 9.17) is 34.9 Å². The first-order valence-corrected chi connectivity index (χ1v) is 21.6. The molecule has 0 bridgehead atoms. The number of pyridine rings is 1. The van der Waals surface area contributed by atoms with E-state index in [1.807, 2.05) is 19.9 Å². The predicted octanol–water partition coefficient (Wildman–Crippen LogP) is 5.35. The largest absolute Gasteiger partial charge is 0.438 e. The van der Waals surface area contributed by atoms with E-state index >= 15 is 0 Å². The zero-order valence-electron chi connectivity index (χ0n) is 31.1. The second kappa shape index (κ2) is 17.5. The van der Waals surface area contributed by atoms with Gasteiger partial charge in [-0.25, -0.2) is 17.8 Å². The van der Waals surface area contributed by atoms with E-state index in [0.717, 1.165) is 0 Å². The summed E-state index contributed by atoms with van der Waals surface area (Å²) in [5.41, 5.74) is -2.69. The highest BCUT2D eigenvalue weighted by atomic mass is 35.5. The normalized spacial score (nSPS) is 23.5. The highest BCUT2D eigenvalue weighted by molar-refractivity contribution is 7.97. The highest BCUT2D eigenvalue weighted by Crippen LogP contribution is 2.50. The average molecular weight is 823 g/mol. The number of aliphatic hydroxyl groups excluding tert-OH is 2. The topological polar surface area (TPSA) is 226 Å². The molecule has 2 aliphatic rings. The number of rotatable bonds is 19. The second-order valence-corrected chi connectivity index (χ2v) is 19.9. The lowest BCUT2D eigenvalue weighted by Crippen LogP contribution is -2.36. The fourth-order valence-electron chi connectivity index (χ4n) is 6.38. The molecule has 54 heavy (non-hydrogen) atoms. The molecule has 0 radical (unpaired) electrons. The number of aliphatic hydroxyl groups is 2. The monoisotopic (exact) mass is 822 g/mol. The summed E-state index contributed by atoms with van der Waals surface area (Å²) in [6.45, 7) is 8.44. The number of carbonyl (C=O) groups is 2. The maximum atomic E-state index is 13.9. The zero-order valence-corrected chi connectivity index (χ0v) is 33.6. The maximum Gasteiger partial charge on any atom is 0.351 e. The van der Waals surface area contributed by atoms with Gasteiger partial charge in [0.1, 0.15) is 41.8 Å². The fraction of sp³-hybridized carbons (Fsp3) is 0.706. The lowest BCUT2D eigenvalue weighted by molar-refractivity contribution is -0.163. The summed E-state index contributed by atoms with van der Waals surface area (Å²) >= 11 is 6.34. The van der Waals surface area contributed by atoms with Crippen molar-refractivity contribution in [2.75, 3.05) is 30.1 Å².